The van der Waals surface area contributed by atoms with Gasteiger partial charge in [0.1, 0.15) is 6.04 Å². The second-order valence-corrected chi connectivity index (χ2v) is 2.19. The van der Waals surface area contributed by atoms with Crippen LogP contribution in [0.15, 0.2) is 12.7 Å². The van der Waals surface area contributed by atoms with Gasteiger partial charge in [0.2, 0.25) is 0 Å². The highest BCUT2D eigenvalue weighted by Gasteiger charge is 2.15. The predicted octanol–water partition coefficient (Wildman–Crippen LogP) is -0.0500. The van der Waals surface area contributed by atoms with E-state index in [4.69, 9.17) is 4.74 Å². The summed E-state index contributed by atoms with van der Waals surface area (Å²) in [7, 11) is 3.03. The third-order valence-electron chi connectivity index (χ3n) is 1.35. The molecule has 0 radical (unpaired) electrons. The largest absolute Gasteiger partial charge is 0.468 e. The molecule has 0 amide bonds. The molecule has 0 aromatic carbocycles. The van der Waals surface area contributed by atoms with Gasteiger partial charge in [0.25, 0.3) is 0 Å². The number of carbonyl (C=O) groups is 1. The van der Waals surface area contributed by atoms with Crippen molar-refractivity contribution in [3.63, 3.8) is 0 Å². The number of nitrogens with one attached hydrogen (secondary N) is 1. The van der Waals surface area contributed by atoms with Crippen molar-refractivity contribution in [3.05, 3.63) is 12.7 Å². The number of methoxy groups -OCH3 is 1. The lowest BCUT2D eigenvalue weighted by Crippen LogP contribution is -2.39. The van der Waals surface area contributed by atoms with Gasteiger partial charge in [-0.1, -0.05) is 6.08 Å². The maximum absolute atomic E-state index is 10.9. The van der Waals surface area contributed by atoms with Crippen LogP contribution in [0.4, 0.5) is 0 Å². The van der Waals surface area contributed by atoms with Crippen molar-refractivity contribution in [2.75, 3.05) is 27.4 Å². The molecule has 0 fully saturated rings. The molecular formula is C8H15NO3. The topological polar surface area (TPSA) is 47.6 Å². The monoisotopic (exact) mass is 173 g/mol. The first kappa shape index (κ1) is 11.1. The standard InChI is InChI=1S/C8H15NO3/c1-4-5-12-6-7(9-2)8(10)11-3/h4,7,9H,1,5-6H2,2-3H3. The van der Waals surface area contributed by atoms with E-state index in [1.807, 2.05) is 0 Å². The molecule has 0 spiro atoms. The molecule has 0 aliphatic carbocycles. The van der Waals surface area contributed by atoms with Crippen LogP contribution in [-0.4, -0.2) is 39.4 Å². The van der Waals surface area contributed by atoms with Gasteiger partial charge in [0.15, 0.2) is 0 Å². The average Bonchev–Trinajstić information content (AvgIpc) is 2.11. The SMILES string of the molecule is C=CCOCC(NC)C(=O)OC. The van der Waals surface area contributed by atoms with E-state index >= 15 is 0 Å². The number of esters is 1. The third kappa shape index (κ3) is 4.10. The van der Waals surface area contributed by atoms with E-state index in [0.29, 0.717) is 13.2 Å². The first-order valence-corrected chi connectivity index (χ1v) is 3.70. The summed E-state index contributed by atoms with van der Waals surface area (Å²) < 4.78 is 9.60. The molecule has 12 heavy (non-hydrogen) atoms. The molecule has 0 aromatic heterocycles. The second kappa shape index (κ2) is 6.82. The van der Waals surface area contributed by atoms with Crippen LogP contribution < -0.4 is 5.32 Å². The smallest absolute Gasteiger partial charge is 0.325 e. The molecule has 1 atom stereocenters. The van der Waals surface area contributed by atoms with Crippen molar-refractivity contribution in [2.45, 2.75) is 6.04 Å². The summed E-state index contributed by atoms with van der Waals surface area (Å²) in [6, 6.07) is -0.394. The molecule has 0 saturated heterocycles. The molecule has 70 valence electrons. The predicted molar refractivity (Wildman–Crippen MR) is 45.9 cm³/mol. The van der Waals surface area contributed by atoms with Gasteiger partial charge in [-0.05, 0) is 7.05 Å². The van der Waals surface area contributed by atoms with Gasteiger partial charge < -0.3 is 14.8 Å². The van der Waals surface area contributed by atoms with E-state index in [9.17, 15) is 4.79 Å². The zero-order chi connectivity index (χ0) is 9.40. The lowest BCUT2D eigenvalue weighted by Gasteiger charge is -2.12. The number of rotatable bonds is 6. The van der Waals surface area contributed by atoms with Gasteiger partial charge in [-0.2, -0.15) is 0 Å². The van der Waals surface area contributed by atoms with Crippen LogP contribution in [0, 0.1) is 0 Å². The molecule has 4 nitrogen and oxygen atoms in total. The quantitative estimate of drug-likeness (QED) is 0.347. The minimum absolute atomic E-state index is 0.301. The molecule has 0 aromatic rings. The first-order chi connectivity index (χ1) is 5.76. The van der Waals surface area contributed by atoms with Crippen LogP contribution in [0.2, 0.25) is 0 Å². The molecule has 0 aliphatic heterocycles. The molecule has 0 saturated carbocycles. The number of hydrogen-bond acceptors (Lipinski definition) is 4. The van der Waals surface area contributed by atoms with Crippen molar-refractivity contribution in [1.82, 2.24) is 5.32 Å². The van der Waals surface area contributed by atoms with Crippen LogP contribution in [0.25, 0.3) is 0 Å². The van der Waals surface area contributed by atoms with E-state index in [1.165, 1.54) is 7.11 Å². The molecule has 1 unspecified atom stereocenters. The summed E-state index contributed by atoms with van der Waals surface area (Å²) in [5, 5.41) is 2.78. The van der Waals surface area contributed by atoms with Gasteiger partial charge in [0.05, 0.1) is 20.3 Å². The van der Waals surface area contributed by atoms with Crippen molar-refractivity contribution >= 4 is 5.97 Å². The zero-order valence-corrected chi connectivity index (χ0v) is 7.50. The summed E-state index contributed by atoms with van der Waals surface area (Å²) in [6.07, 6.45) is 1.63. The maximum Gasteiger partial charge on any atom is 0.325 e. The highest BCUT2D eigenvalue weighted by atomic mass is 16.5. The van der Waals surface area contributed by atoms with Gasteiger partial charge in [-0.15, -0.1) is 6.58 Å². The van der Waals surface area contributed by atoms with E-state index in [2.05, 4.69) is 16.6 Å². The molecule has 0 rings (SSSR count). The molecule has 0 bridgehead atoms. The van der Waals surface area contributed by atoms with E-state index in [-0.39, 0.29) is 5.97 Å². The molecule has 1 N–H and O–H groups in total. The Balaban J connectivity index is 3.66. The molecule has 4 heteroatoms. The Hall–Kier alpha value is -0.870. The van der Waals surface area contributed by atoms with Crippen molar-refractivity contribution in [3.8, 4) is 0 Å². The zero-order valence-electron chi connectivity index (χ0n) is 7.50. The van der Waals surface area contributed by atoms with Crippen molar-refractivity contribution < 1.29 is 14.3 Å². The molecular weight excluding hydrogens is 158 g/mol. The van der Waals surface area contributed by atoms with Crippen molar-refractivity contribution in [1.29, 1.82) is 0 Å². The van der Waals surface area contributed by atoms with Crippen LogP contribution in [-0.2, 0) is 14.3 Å². The highest BCUT2D eigenvalue weighted by Crippen LogP contribution is 1.88. The van der Waals surface area contributed by atoms with E-state index in [0.717, 1.165) is 0 Å². The van der Waals surface area contributed by atoms with Crippen LogP contribution in [0.5, 0.6) is 0 Å². The fourth-order valence-electron chi connectivity index (χ4n) is 0.681. The Bertz CT molecular complexity index is 147. The Morgan fingerprint density at radius 1 is 1.75 bits per heavy atom. The first-order valence-electron chi connectivity index (χ1n) is 3.70. The number of hydrogen-bond donors (Lipinski definition) is 1. The average molecular weight is 173 g/mol. The Labute approximate surface area is 72.5 Å². The Morgan fingerprint density at radius 2 is 2.42 bits per heavy atom. The van der Waals surface area contributed by atoms with Gasteiger partial charge >= 0.3 is 5.97 Å². The maximum atomic E-state index is 10.9. The van der Waals surface area contributed by atoms with Crippen LogP contribution >= 0.6 is 0 Å². The third-order valence-corrected chi connectivity index (χ3v) is 1.35. The van der Waals surface area contributed by atoms with Crippen LogP contribution in [0.3, 0.4) is 0 Å². The van der Waals surface area contributed by atoms with Crippen molar-refractivity contribution in [2.24, 2.45) is 0 Å². The lowest BCUT2D eigenvalue weighted by atomic mass is 10.3. The number of likely N-dealkylation sites (N-methyl/N-ethyl adjacent to an activating group) is 1. The number of carbonyl (C=O) groups excluding carboxylic acids is 1. The van der Waals surface area contributed by atoms with Gasteiger partial charge in [-0.25, -0.2) is 0 Å². The summed E-state index contributed by atoms with van der Waals surface area (Å²) in [6.45, 7) is 4.23. The Kier molecular flexibility index (Phi) is 6.32. The number of ether oxygens (including phenoxy) is 2. The fraction of sp³-hybridized carbons (Fsp3) is 0.625. The lowest BCUT2D eigenvalue weighted by molar-refractivity contribution is -0.144. The highest BCUT2D eigenvalue weighted by molar-refractivity contribution is 5.75. The van der Waals surface area contributed by atoms with Crippen LogP contribution in [0.1, 0.15) is 0 Å². The van der Waals surface area contributed by atoms with Gasteiger partial charge in [-0.3, -0.25) is 4.79 Å². The summed E-state index contributed by atoms with van der Waals surface area (Å²) >= 11 is 0. The fourth-order valence-corrected chi connectivity index (χ4v) is 0.681. The van der Waals surface area contributed by atoms with E-state index in [1.54, 1.807) is 13.1 Å². The Morgan fingerprint density at radius 3 is 2.83 bits per heavy atom. The summed E-state index contributed by atoms with van der Waals surface area (Å²) in [5.41, 5.74) is 0. The normalized spacial score (nSPS) is 12.2. The minimum atomic E-state index is -0.394. The second-order valence-electron chi connectivity index (χ2n) is 2.19. The van der Waals surface area contributed by atoms with E-state index < -0.39 is 6.04 Å². The molecule has 0 aliphatic rings. The minimum Gasteiger partial charge on any atom is -0.468 e. The summed E-state index contributed by atoms with van der Waals surface area (Å²) in [5.74, 6) is -0.318. The summed E-state index contributed by atoms with van der Waals surface area (Å²) in [4.78, 5) is 10.9. The van der Waals surface area contributed by atoms with Gasteiger partial charge in [0, 0.05) is 0 Å². The molecule has 0 heterocycles.